The van der Waals surface area contributed by atoms with E-state index in [0.29, 0.717) is 6.04 Å². The molecule has 1 fully saturated rings. The smallest absolute Gasteiger partial charge is 0.0578 e. The van der Waals surface area contributed by atoms with Crippen LogP contribution in [0.5, 0.6) is 0 Å². The van der Waals surface area contributed by atoms with E-state index in [-0.39, 0.29) is 0 Å². The Morgan fingerprint density at radius 3 is 2.93 bits per heavy atom. The average Bonchev–Trinajstić information content (AvgIpc) is 2.18. The number of hydrogen-bond donors (Lipinski definition) is 0. The molecule has 0 saturated carbocycles. The van der Waals surface area contributed by atoms with E-state index < -0.39 is 0 Å². The lowest BCUT2D eigenvalue weighted by Crippen LogP contribution is -2.30. The highest BCUT2D eigenvalue weighted by Gasteiger charge is 2.21. The summed E-state index contributed by atoms with van der Waals surface area (Å²) in [6, 6.07) is 6.87. The van der Waals surface area contributed by atoms with E-state index in [1.807, 2.05) is 0 Å². The van der Waals surface area contributed by atoms with Crippen LogP contribution >= 0.6 is 0 Å². The van der Waals surface area contributed by atoms with Crippen molar-refractivity contribution in [2.45, 2.75) is 32.2 Å². The third-order valence-electron chi connectivity index (χ3n) is 3.02. The Morgan fingerprint density at radius 2 is 2.21 bits per heavy atom. The largest absolute Gasteiger partial charge is 0.298 e. The molecule has 0 N–H and O–H groups in total. The Kier molecular flexibility index (Phi) is 2.82. The molecule has 14 heavy (non-hydrogen) atoms. The molecule has 0 radical (unpaired) electrons. The van der Waals surface area contributed by atoms with Gasteiger partial charge in [0.1, 0.15) is 0 Å². The summed E-state index contributed by atoms with van der Waals surface area (Å²) in [5.41, 5.74) is 2.37. The lowest BCUT2D eigenvalue weighted by molar-refractivity contribution is 0.183. The van der Waals surface area contributed by atoms with E-state index in [2.05, 4.69) is 42.1 Å². The Balaban J connectivity index is 2.20. The van der Waals surface area contributed by atoms with Gasteiger partial charge in [0.25, 0.3) is 0 Å². The van der Waals surface area contributed by atoms with Crippen molar-refractivity contribution in [3.63, 3.8) is 0 Å². The summed E-state index contributed by atoms with van der Waals surface area (Å²) in [7, 11) is 2.20. The number of aryl methyl sites for hydroxylation is 1. The van der Waals surface area contributed by atoms with Gasteiger partial charge >= 0.3 is 0 Å². The SMILES string of the molecule is Cc1cccc([C@@H]2CCCCN2C)n1. The number of likely N-dealkylation sites (tertiary alicyclic amines) is 1. The normalized spacial score (nSPS) is 23.7. The molecule has 1 aliphatic rings. The number of hydrogen-bond acceptors (Lipinski definition) is 2. The average molecular weight is 190 g/mol. The van der Waals surface area contributed by atoms with Crippen LogP contribution in [0, 0.1) is 6.92 Å². The van der Waals surface area contributed by atoms with Crippen molar-refractivity contribution < 1.29 is 0 Å². The van der Waals surface area contributed by atoms with Crippen LogP contribution in [0.3, 0.4) is 0 Å². The third kappa shape index (κ3) is 1.95. The second-order valence-electron chi connectivity index (χ2n) is 4.20. The zero-order valence-electron chi connectivity index (χ0n) is 9.03. The summed E-state index contributed by atoms with van der Waals surface area (Å²) in [6.07, 6.45) is 3.93. The van der Waals surface area contributed by atoms with Gasteiger partial charge in [0, 0.05) is 5.69 Å². The van der Waals surface area contributed by atoms with E-state index in [4.69, 9.17) is 0 Å². The number of aromatic nitrogens is 1. The second kappa shape index (κ2) is 4.09. The van der Waals surface area contributed by atoms with Gasteiger partial charge in [-0.25, -0.2) is 0 Å². The number of nitrogens with zero attached hydrogens (tertiary/aromatic N) is 2. The molecule has 1 aromatic heterocycles. The van der Waals surface area contributed by atoms with E-state index in [1.54, 1.807) is 0 Å². The fourth-order valence-corrected chi connectivity index (χ4v) is 2.20. The highest BCUT2D eigenvalue weighted by Crippen LogP contribution is 2.27. The Morgan fingerprint density at radius 1 is 1.36 bits per heavy atom. The van der Waals surface area contributed by atoms with E-state index in [0.717, 1.165) is 5.69 Å². The zero-order chi connectivity index (χ0) is 9.97. The maximum Gasteiger partial charge on any atom is 0.0578 e. The fraction of sp³-hybridized carbons (Fsp3) is 0.583. The third-order valence-corrected chi connectivity index (χ3v) is 3.02. The molecule has 1 aliphatic heterocycles. The molecule has 0 unspecified atom stereocenters. The van der Waals surface area contributed by atoms with Crippen molar-refractivity contribution in [2.75, 3.05) is 13.6 Å². The number of rotatable bonds is 1. The minimum atomic E-state index is 0.545. The van der Waals surface area contributed by atoms with Crippen molar-refractivity contribution in [2.24, 2.45) is 0 Å². The van der Waals surface area contributed by atoms with Crippen LogP contribution in [0.1, 0.15) is 36.7 Å². The molecule has 0 aromatic carbocycles. The summed E-state index contributed by atoms with van der Waals surface area (Å²) in [5, 5.41) is 0. The summed E-state index contributed by atoms with van der Waals surface area (Å²) < 4.78 is 0. The van der Waals surface area contributed by atoms with Gasteiger partial charge in [0.05, 0.1) is 11.7 Å². The monoisotopic (exact) mass is 190 g/mol. The van der Waals surface area contributed by atoms with E-state index in [9.17, 15) is 0 Å². The molecular weight excluding hydrogens is 172 g/mol. The molecule has 76 valence electrons. The van der Waals surface area contributed by atoms with Crippen LogP contribution in [0.25, 0.3) is 0 Å². The molecule has 1 atom stereocenters. The van der Waals surface area contributed by atoms with Crippen molar-refractivity contribution >= 4 is 0 Å². The van der Waals surface area contributed by atoms with Crippen molar-refractivity contribution in [1.29, 1.82) is 0 Å². The van der Waals surface area contributed by atoms with Crippen LogP contribution < -0.4 is 0 Å². The maximum absolute atomic E-state index is 4.61. The molecule has 1 saturated heterocycles. The molecule has 0 aliphatic carbocycles. The first-order chi connectivity index (χ1) is 6.77. The van der Waals surface area contributed by atoms with Crippen LogP contribution in [0.4, 0.5) is 0 Å². The Hall–Kier alpha value is -0.890. The first-order valence-electron chi connectivity index (χ1n) is 5.41. The Labute approximate surface area is 86.0 Å². The first kappa shape index (κ1) is 9.66. The van der Waals surface area contributed by atoms with Crippen molar-refractivity contribution in [3.8, 4) is 0 Å². The minimum absolute atomic E-state index is 0.545. The van der Waals surface area contributed by atoms with Crippen LogP contribution in [0.2, 0.25) is 0 Å². The van der Waals surface area contributed by atoms with Gasteiger partial charge in [0.2, 0.25) is 0 Å². The number of pyridine rings is 1. The van der Waals surface area contributed by atoms with E-state index >= 15 is 0 Å². The standard InChI is InChI=1S/C12H18N2/c1-10-6-5-7-11(13-10)12-8-3-4-9-14(12)2/h5-7,12H,3-4,8-9H2,1-2H3/t12-/m0/s1. The zero-order valence-corrected chi connectivity index (χ0v) is 9.03. The second-order valence-corrected chi connectivity index (χ2v) is 4.20. The lowest BCUT2D eigenvalue weighted by Gasteiger charge is -2.32. The molecule has 0 amide bonds. The van der Waals surface area contributed by atoms with Gasteiger partial charge in [-0.05, 0) is 45.5 Å². The quantitative estimate of drug-likeness (QED) is 0.676. The summed E-state index contributed by atoms with van der Waals surface area (Å²) in [4.78, 5) is 7.03. The molecule has 2 rings (SSSR count). The van der Waals surface area contributed by atoms with Gasteiger partial charge in [-0.1, -0.05) is 12.5 Å². The van der Waals surface area contributed by atoms with Gasteiger partial charge in [-0.2, -0.15) is 0 Å². The number of piperidine rings is 1. The van der Waals surface area contributed by atoms with E-state index in [1.165, 1.54) is 31.5 Å². The van der Waals surface area contributed by atoms with Crippen molar-refractivity contribution in [3.05, 3.63) is 29.6 Å². The van der Waals surface area contributed by atoms with Gasteiger partial charge in [-0.15, -0.1) is 0 Å². The highest BCUT2D eigenvalue weighted by atomic mass is 15.1. The molecule has 0 spiro atoms. The molecule has 2 nitrogen and oxygen atoms in total. The van der Waals surface area contributed by atoms with Crippen LogP contribution in [-0.4, -0.2) is 23.5 Å². The predicted molar refractivity (Wildman–Crippen MR) is 58.2 cm³/mol. The summed E-state index contributed by atoms with van der Waals surface area (Å²) in [6.45, 7) is 3.27. The van der Waals surface area contributed by atoms with Crippen LogP contribution in [-0.2, 0) is 0 Å². The molecular formula is C12H18N2. The highest BCUT2D eigenvalue weighted by molar-refractivity contribution is 5.14. The fourth-order valence-electron chi connectivity index (χ4n) is 2.20. The molecule has 2 heterocycles. The molecule has 1 aromatic rings. The topological polar surface area (TPSA) is 16.1 Å². The maximum atomic E-state index is 4.61. The minimum Gasteiger partial charge on any atom is -0.298 e. The summed E-state index contributed by atoms with van der Waals surface area (Å²) in [5.74, 6) is 0. The lowest BCUT2D eigenvalue weighted by atomic mass is 9.99. The van der Waals surface area contributed by atoms with Gasteiger partial charge < -0.3 is 0 Å². The predicted octanol–water partition coefficient (Wildman–Crippen LogP) is 2.55. The van der Waals surface area contributed by atoms with Crippen molar-refractivity contribution in [1.82, 2.24) is 9.88 Å². The van der Waals surface area contributed by atoms with Gasteiger partial charge in [-0.3, -0.25) is 9.88 Å². The summed E-state index contributed by atoms with van der Waals surface area (Å²) >= 11 is 0. The Bertz CT molecular complexity index is 309. The van der Waals surface area contributed by atoms with Crippen LogP contribution in [0.15, 0.2) is 18.2 Å². The van der Waals surface area contributed by atoms with Gasteiger partial charge in [0.15, 0.2) is 0 Å². The first-order valence-corrected chi connectivity index (χ1v) is 5.41. The molecule has 0 bridgehead atoms. The molecule has 2 heteroatoms.